The molecule has 0 radical (unpaired) electrons. The lowest BCUT2D eigenvalue weighted by molar-refractivity contribution is 0.102. The highest BCUT2D eigenvalue weighted by atomic mass is 79.9. The second-order valence-corrected chi connectivity index (χ2v) is 5.87. The van der Waals surface area contributed by atoms with Gasteiger partial charge in [-0.05, 0) is 65.2 Å². The summed E-state index contributed by atoms with van der Waals surface area (Å²) in [5, 5.41) is 3.36. The maximum Gasteiger partial charge on any atom is 0.256 e. The summed E-state index contributed by atoms with van der Waals surface area (Å²) < 4.78 is 0.785. The molecule has 0 spiro atoms. The lowest BCUT2D eigenvalue weighted by Crippen LogP contribution is -2.14. The van der Waals surface area contributed by atoms with Gasteiger partial charge in [0.2, 0.25) is 0 Å². The number of anilines is 2. The summed E-state index contributed by atoms with van der Waals surface area (Å²) in [5.41, 5.74) is 9.52. The Bertz CT molecular complexity index is 686. The van der Waals surface area contributed by atoms with Crippen LogP contribution in [-0.2, 0) is 0 Å². The van der Waals surface area contributed by atoms with Crippen molar-refractivity contribution in [1.29, 1.82) is 0 Å². The molecular formula is C15H14BrClN2O. The first-order chi connectivity index (χ1) is 9.38. The number of amides is 1. The normalized spacial score (nSPS) is 10.4. The fraction of sp³-hybridized carbons (Fsp3) is 0.133. The predicted molar refractivity (Wildman–Crippen MR) is 87.4 cm³/mol. The van der Waals surface area contributed by atoms with Crippen molar-refractivity contribution in [2.75, 3.05) is 11.1 Å². The van der Waals surface area contributed by atoms with E-state index in [1.807, 2.05) is 19.9 Å². The van der Waals surface area contributed by atoms with E-state index in [0.717, 1.165) is 15.6 Å². The average molecular weight is 354 g/mol. The molecule has 0 fully saturated rings. The van der Waals surface area contributed by atoms with Crippen LogP contribution in [0.1, 0.15) is 21.5 Å². The molecule has 2 aromatic carbocycles. The fourth-order valence-corrected chi connectivity index (χ4v) is 2.31. The molecule has 3 N–H and O–H groups in total. The van der Waals surface area contributed by atoms with E-state index in [2.05, 4.69) is 21.2 Å². The van der Waals surface area contributed by atoms with Gasteiger partial charge in [-0.25, -0.2) is 0 Å². The van der Waals surface area contributed by atoms with E-state index >= 15 is 0 Å². The first-order valence-electron chi connectivity index (χ1n) is 6.01. The van der Waals surface area contributed by atoms with Crippen molar-refractivity contribution in [3.63, 3.8) is 0 Å². The predicted octanol–water partition coefficient (Wildman–Crippen LogP) is 4.55. The summed E-state index contributed by atoms with van der Waals surface area (Å²) >= 11 is 9.31. The second kappa shape index (κ2) is 5.85. The van der Waals surface area contributed by atoms with Crippen molar-refractivity contribution >= 4 is 44.8 Å². The number of nitrogen functional groups attached to an aromatic ring is 1. The van der Waals surface area contributed by atoms with E-state index in [0.29, 0.717) is 22.0 Å². The quantitative estimate of drug-likeness (QED) is 0.778. The molecule has 0 aliphatic rings. The lowest BCUT2D eigenvalue weighted by atomic mass is 10.0. The van der Waals surface area contributed by atoms with Crippen LogP contribution in [0.15, 0.2) is 34.8 Å². The number of hydrogen-bond acceptors (Lipinski definition) is 2. The van der Waals surface area contributed by atoms with Crippen LogP contribution in [0.3, 0.4) is 0 Å². The number of nitrogens with one attached hydrogen (secondary N) is 1. The Morgan fingerprint density at radius 2 is 1.90 bits per heavy atom. The number of aryl methyl sites for hydroxylation is 2. The smallest absolute Gasteiger partial charge is 0.256 e. The molecule has 0 aliphatic heterocycles. The number of halogens is 2. The van der Waals surface area contributed by atoms with Crippen molar-refractivity contribution in [2.24, 2.45) is 0 Å². The zero-order chi connectivity index (χ0) is 14.9. The molecule has 0 bridgehead atoms. The number of carbonyl (C=O) groups is 1. The molecule has 3 nitrogen and oxygen atoms in total. The zero-order valence-corrected chi connectivity index (χ0v) is 13.5. The lowest BCUT2D eigenvalue weighted by Gasteiger charge is -2.11. The second-order valence-electron chi connectivity index (χ2n) is 4.61. The molecule has 104 valence electrons. The third-order valence-corrected chi connectivity index (χ3v) is 4.27. The third kappa shape index (κ3) is 3.14. The highest BCUT2D eigenvalue weighted by Crippen LogP contribution is 2.26. The highest BCUT2D eigenvalue weighted by Gasteiger charge is 2.11. The van der Waals surface area contributed by atoms with Gasteiger partial charge >= 0.3 is 0 Å². The molecular weight excluding hydrogens is 340 g/mol. The van der Waals surface area contributed by atoms with E-state index in [1.165, 1.54) is 0 Å². The van der Waals surface area contributed by atoms with Gasteiger partial charge in [0.1, 0.15) is 0 Å². The first-order valence-corrected chi connectivity index (χ1v) is 7.18. The topological polar surface area (TPSA) is 55.1 Å². The molecule has 0 atom stereocenters. The van der Waals surface area contributed by atoms with Gasteiger partial charge in [-0.15, -0.1) is 0 Å². The van der Waals surface area contributed by atoms with Crippen LogP contribution in [0.4, 0.5) is 11.4 Å². The number of rotatable bonds is 2. The van der Waals surface area contributed by atoms with Crippen LogP contribution in [0.25, 0.3) is 0 Å². The van der Waals surface area contributed by atoms with Crippen LogP contribution in [0.5, 0.6) is 0 Å². The first kappa shape index (κ1) is 14.9. The highest BCUT2D eigenvalue weighted by molar-refractivity contribution is 9.10. The Morgan fingerprint density at radius 3 is 2.55 bits per heavy atom. The average Bonchev–Trinajstić information content (AvgIpc) is 2.38. The number of hydrogen-bond donors (Lipinski definition) is 2. The molecule has 0 heterocycles. The Balaban J connectivity index is 2.28. The van der Waals surface area contributed by atoms with Gasteiger partial charge in [0.05, 0.1) is 5.02 Å². The third-order valence-electron chi connectivity index (χ3n) is 3.04. The van der Waals surface area contributed by atoms with Crippen LogP contribution in [0.2, 0.25) is 5.02 Å². The molecule has 0 aromatic heterocycles. The van der Waals surface area contributed by atoms with Crippen molar-refractivity contribution in [3.8, 4) is 0 Å². The van der Waals surface area contributed by atoms with Gasteiger partial charge in [0.25, 0.3) is 5.91 Å². The molecule has 2 aromatic rings. The summed E-state index contributed by atoms with van der Waals surface area (Å²) in [6.07, 6.45) is 0. The van der Waals surface area contributed by atoms with E-state index in [9.17, 15) is 4.79 Å². The molecule has 5 heteroatoms. The molecule has 20 heavy (non-hydrogen) atoms. The maximum atomic E-state index is 12.3. The largest absolute Gasteiger partial charge is 0.398 e. The van der Waals surface area contributed by atoms with Gasteiger partial charge in [0, 0.05) is 21.4 Å². The SMILES string of the molecule is Cc1cc(C)c(C(=O)Nc2ccc(Br)c(Cl)c2)cc1N. The van der Waals surface area contributed by atoms with Gasteiger partial charge in [0.15, 0.2) is 0 Å². The van der Waals surface area contributed by atoms with E-state index in [1.54, 1.807) is 24.3 Å². The fourth-order valence-electron chi connectivity index (χ4n) is 1.89. The number of benzene rings is 2. The maximum absolute atomic E-state index is 12.3. The van der Waals surface area contributed by atoms with Gasteiger partial charge in [-0.1, -0.05) is 17.7 Å². The van der Waals surface area contributed by atoms with Crippen LogP contribution in [0, 0.1) is 13.8 Å². The zero-order valence-electron chi connectivity index (χ0n) is 11.1. The summed E-state index contributed by atoms with van der Waals surface area (Å²) in [6, 6.07) is 8.85. The van der Waals surface area contributed by atoms with Crippen molar-refractivity contribution in [1.82, 2.24) is 0 Å². The van der Waals surface area contributed by atoms with Crippen molar-refractivity contribution in [2.45, 2.75) is 13.8 Å². The summed E-state index contributed by atoms with van der Waals surface area (Å²) in [6.45, 7) is 3.80. The molecule has 0 unspecified atom stereocenters. The molecule has 0 saturated carbocycles. The van der Waals surface area contributed by atoms with Crippen LogP contribution < -0.4 is 11.1 Å². The Morgan fingerprint density at radius 1 is 1.20 bits per heavy atom. The summed E-state index contributed by atoms with van der Waals surface area (Å²) in [5.74, 6) is -0.201. The van der Waals surface area contributed by atoms with Crippen LogP contribution >= 0.6 is 27.5 Å². The van der Waals surface area contributed by atoms with E-state index < -0.39 is 0 Å². The van der Waals surface area contributed by atoms with Gasteiger partial charge in [-0.3, -0.25) is 4.79 Å². The monoisotopic (exact) mass is 352 g/mol. The minimum absolute atomic E-state index is 0.201. The summed E-state index contributed by atoms with van der Waals surface area (Å²) in [7, 11) is 0. The number of carbonyl (C=O) groups excluding carboxylic acids is 1. The Hall–Kier alpha value is -1.52. The van der Waals surface area contributed by atoms with Crippen LogP contribution in [-0.4, -0.2) is 5.91 Å². The molecule has 0 aliphatic carbocycles. The van der Waals surface area contributed by atoms with E-state index in [4.69, 9.17) is 17.3 Å². The standard InChI is InChI=1S/C15H14BrClN2O/c1-8-5-9(2)14(18)7-11(8)15(20)19-10-3-4-12(16)13(17)6-10/h3-7H,18H2,1-2H3,(H,19,20). The molecule has 0 saturated heterocycles. The van der Waals surface area contributed by atoms with Crippen molar-refractivity contribution < 1.29 is 4.79 Å². The van der Waals surface area contributed by atoms with Crippen molar-refractivity contribution in [3.05, 3.63) is 56.5 Å². The minimum atomic E-state index is -0.201. The van der Waals surface area contributed by atoms with Gasteiger partial charge in [-0.2, -0.15) is 0 Å². The van der Waals surface area contributed by atoms with Gasteiger partial charge < -0.3 is 11.1 Å². The number of nitrogens with two attached hydrogens (primary N) is 1. The minimum Gasteiger partial charge on any atom is -0.398 e. The Kier molecular flexibility index (Phi) is 4.35. The molecule has 2 rings (SSSR count). The molecule has 1 amide bonds. The van der Waals surface area contributed by atoms with E-state index in [-0.39, 0.29) is 5.91 Å². The summed E-state index contributed by atoms with van der Waals surface area (Å²) in [4.78, 5) is 12.3. The Labute approximate surface area is 131 Å².